The van der Waals surface area contributed by atoms with Crippen molar-refractivity contribution in [1.29, 1.82) is 0 Å². The maximum atomic E-state index is 12.2. The van der Waals surface area contributed by atoms with Gasteiger partial charge >= 0.3 is 0 Å². The van der Waals surface area contributed by atoms with Gasteiger partial charge in [0.1, 0.15) is 5.75 Å². The van der Waals surface area contributed by atoms with Crippen LogP contribution >= 0.6 is 35.6 Å². The number of para-hydroxylation sites is 1. The van der Waals surface area contributed by atoms with Gasteiger partial charge in [-0.15, -0.1) is 24.0 Å². The van der Waals surface area contributed by atoms with Crippen molar-refractivity contribution in [3.8, 4) is 5.75 Å². The number of carbonyl (C=O) groups excluding carboxylic acids is 1. The number of guanidine groups is 1. The molecule has 6 nitrogen and oxygen atoms in total. The molecule has 0 aliphatic carbocycles. The number of hydrogen-bond donors (Lipinski definition) is 2. The third-order valence-corrected chi connectivity index (χ3v) is 4.40. The van der Waals surface area contributed by atoms with Crippen LogP contribution in [0.1, 0.15) is 22.8 Å². The van der Waals surface area contributed by atoms with Gasteiger partial charge in [-0.05, 0) is 25.1 Å². The fraction of sp³-hybridized carbons (Fsp3) is 0.333. The molecular weight excluding hydrogens is 503 g/mol. The highest BCUT2D eigenvalue weighted by molar-refractivity contribution is 14.0. The highest BCUT2D eigenvalue weighted by Crippen LogP contribution is 2.18. The second-order valence-corrected chi connectivity index (χ2v) is 6.55. The Morgan fingerprint density at radius 2 is 1.83 bits per heavy atom. The molecule has 158 valence electrons. The van der Waals surface area contributed by atoms with Gasteiger partial charge in [0.15, 0.2) is 5.96 Å². The van der Waals surface area contributed by atoms with Gasteiger partial charge < -0.3 is 20.3 Å². The summed E-state index contributed by atoms with van der Waals surface area (Å²) in [6.45, 7) is 4.30. The molecule has 0 spiro atoms. The lowest BCUT2D eigenvalue weighted by molar-refractivity contribution is 0.0955. The van der Waals surface area contributed by atoms with E-state index < -0.39 is 0 Å². The highest BCUT2D eigenvalue weighted by atomic mass is 127. The SMILES string of the molecule is CCNC(=NCCNC(=O)c1ccccc1Cl)N(C)Cc1ccccc1OC.I. The second-order valence-electron chi connectivity index (χ2n) is 6.14. The molecule has 29 heavy (non-hydrogen) atoms. The van der Waals surface area contributed by atoms with E-state index in [0.29, 0.717) is 30.2 Å². The number of methoxy groups -OCH3 is 1. The monoisotopic (exact) mass is 530 g/mol. The van der Waals surface area contributed by atoms with Crippen molar-refractivity contribution in [3.63, 3.8) is 0 Å². The first-order valence-electron chi connectivity index (χ1n) is 9.20. The predicted octanol–water partition coefficient (Wildman–Crippen LogP) is 3.79. The summed E-state index contributed by atoms with van der Waals surface area (Å²) in [7, 11) is 3.63. The van der Waals surface area contributed by atoms with Gasteiger partial charge in [0.25, 0.3) is 5.91 Å². The van der Waals surface area contributed by atoms with Crippen molar-refractivity contribution in [2.75, 3.05) is 33.8 Å². The van der Waals surface area contributed by atoms with Crippen LogP contribution < -0.4 is 15.4 Å². The van der Waals surface area contributed by atoms with E-state index in [-0.39, 0.29) is 29.9 Å². The minimum atomic E-state index is -0.201. The largest absolute Gasteiger partial charge is 0.496 e. The summed E-state index contributed by atoms with van der Waals surface area (Å²) in [4.78, 5) is 18.8. The van der Waals surface area contributed by atoms with Crippen LogP contribution in [0.25, 0.3) is 0 Å². The van der Waals surface area contributed by atoms with Crippen molar-refractivity contribution in [1.82, 2.24) is 15.5 Å². The summed E-state index contributed by atoms with van der Waals surface area (Å²) in [5.74, 6) is 1.41. The third-order valence-electron chi connectivity index (χ3n) is 4.07. The van der Waals surface area contributed by atoms with E-state index in [0.717, 1.165) is 23.8 Å². The molecule has 0 saturated heterocycles. The summed E-state index contributed by atoms with van der Waals surface area (Å²) >= 11 is 6.05. The van der Waals surface area contributed by atoms with Gasteiger partial charge in [0.05, 0.1) is 24.2 Å². The van der Waals surface area contributed by atoms with E-state index in [4.69, 9.17) is 16.3 Å². The van der Waals surface area contributed by atoms with Crippen LogP contribution in [0.15, 0.2) is 53.5 Å². The Morgan fingerprint density at radius 1 is 1.14 bits per heavy atom. The Balaban J connectivity index is 0.00000420. The van der Waals surface area contributed by atoms with Crippen molar-refractivity contribution in [2.45, 2.75) is 13.5 Å². The van der Waals surface area contributed by atoms with Crippen LogP contribution in [0, 0.1) is 0 Å². The standard InChI is InChI=1S/C21H27ClN4O2.HI/c1-4-23-21(26(2)15-16-9-5-8-12-19(16)28-3)25-14-13-24-20(27)17-10-6-7-11-18(17)22;/h5-12H,4,13-15H2,1-3H3,(H,23,25)(H,24,27);1H. The van der Waals surface area contributed by atoms with E-state index in [1.807, 2.05) is 43.1 Å². The first-order valence-corrected chi connectivity index (χ1v) is 9.58. The average molecular weight is 531 g/mol. The van der Waals surface area contributed by atoms with Gasteiger partial charge in [0, 0.05) is 32.2 Å². The average Bonchev–Trinajstić information content (AvgIpc) is 2.70. The molecule has 2 aromatic carbocycles. The number of rotatable bonds is 8. The molecule has 0 aliphatic rings. The van der Waals surface area contributed by atoms with Crippen molar-refractivity contribution >= 4 is 47.4 Å². The Labute approximate surface area is 194 Å². The smallest absolute Gasteiger partial charge is 0.252 e. The Kier molecular flexibility index (Phi) is 11.5. The van der Waals surface area contributed by atoms with Gasteiger partial charge in [-0.1, -0.05) is 41.9 Å². The number of amides is 1. The lowest BCUT2D eigenvalue weighted by Crippen LogP contribution is -2.39. The Morgan fingerprint density at radius 3 is 2.52 bits per heavy atom. The number of ether oxygens (including phenoxy) is 1. The van der Waals surface area contributed by atoms with E-state index in [1.54, 1.807) is 31.4 Å². The van der Waals surface area contributed by atoms with Crippen molar-refractivity contribution in [2.24, 2.45) is 4.99 Å². The normalized spacial score (nSPS) is 10.7. The van der Waals surface area contributed by atoms with Crippen LogP contribution in [0.2, 0.25) is 5.02 Å². The summed E-state index contributed by atoms with van der Waals surface area (Å²) in [6, 6.07) is 14.9. The molecule has 8 heteroatoms. The molecular formula is C21H28ClIN4O2. The van der Waals surface area contributed by atoms with Gasteiger partial charge in [-0.2, -0.15) is 0 Å². The molecule has 0 saturated carbocycles. The topological polar surface area (TPSA) is 66.0 Å². The minimum Gasteiger partial charge on any atom is -0.496 e. The van der Waals surface area contributed by atoms with Crippen LogP contribution in [0.5, 0.6) is 5.75 Å². The summed E-state index contributed by atoms with van der Waals surface area (Å²) in [6.07, 6.45) is 0. The lowest BCUT2D eigenvalue weighted by Gasteiger charge is -2.23. The molecule has 2 aromatic rings. The molecule has 2 rings (SSSR count). The second kappa shape index (κ2) is 13.3. The first kappa shape index (κ1) is 25.0. The fourth-order valence-corrected chi connectivity index (χ4v) is 2.93. The number of nitrogens with zero attached hydrogens (tertiary/aromatic N) is 2. The van der Waals surface area contributed by atoms with Gasteiger partial charge in [-0.3, -0.25) is 9.79 Å². The van der Waals surface area contributed by atoms with Crippen LogP contribution in [0.4, 0.5) is 0 Å². The van der Waals surface area contributed by atoms with E-state index in [2.05, 4.69) is 15.6 Å². The molecule has 0 aromatic heterocycles. The summed E-state index contributed by atoms with van der Waals surface area (Å²) in [5.41, 5.74) is 1.54. The maximum Gasteiger partial charge on any atom is 0.252 e. The van der Waals surface area contributed by atoms with E-state index in [1.165, 1.54) is 0 Å². The molecule has 2 N–H and O–H groups in total. The highest BCUT2D eigenvalue weighted by Gasteiger charge is 2.11. The van der Waals surface area contributed by atoms with Crippen molar-refractivity contribution in [3.05, 3.63) is 64.7 Å². The number of hydrogen-bond acceptors (Lipinski definition) is 3. The molecule has 0 heterocycles. The van der Waals surface area contributed by atoms with Crippen LogP contribution in [-0.4, -0.2) is 50.6 Å². The Bertz CT molecular complexity index is 817. The van der Waals surface area contributed by atoms with Crippen LogP contribution in [0.3, 0.4) is 0 Å². The summed E-state index contributed by atoms with van der Waals surface area (Å²) in [5, 5.41) is 6.56. The van der Waals surface area contributed by atoms with Gasteiger partial charge in [0.2, 0.25) is 0 Å². The fourth-order valence-electron chi connectivity index (χ4n) is 2.71. The number of carbonyl (C=O) groups is 1. The lowest BCUT2D eigenvalue weighted by atomic mass is 10.2. The zero-order chi connectivity index (χ0) is 20.4. The molecule has 0 bridgehead atoms. The molecule has 1 amide bonds. The maximum absolute atomic E-state index is 12.2. The van der Waals surface area contributed by atoms with Gasteiger partial charge in [-0.25, -0.2) is 0 Å². The third kappa shape index (κ3) is 7.74. The van der Waals surface area contributed by atoms with E-state index >= 15 is 0 Å². The molecule has 0 aliphatic heterocycles. The molecule has 0 unspecified atom stereocenters. The predicted molar refractivity (Wildman–Crippen MR) is 130 cm³/mol. The van der Waals surface area contributed by atoms with Crippen molar-refractivity contribution < 1.29 is 9.53 Å². The number of halogens is 2. The number of aliphatic imine (C=N–C) groups is 1. The molecule has 0 atom stereocenters. The number of benzene rings is 2. The zero-order valence-electron chi connectivity index (χ0n) is 16.9. The Hall–Kier alpha value is -2.00. The minimum absolute atomic E-state index is 0. The molecule has 0 fully saturated rings. The zero-order valence-corrected chi connectivity index (χ0v) is 20.0. The summed E-state index contributed by atoms with van der Waals surface area (Å²) < 4.78 is 5.42. The quantitative estimate of drug-likeness (QED) is 0.236. The first-order chi connectivity index (χ1) is 13.6. The molecule has 0 radical (unpaired) electrons. The number of nitrogens with one attached hydrogen (secondary N) is 2. The van der Waals surface area contributed by atoms with E-state index in [9.17, 15) is 4.79 Å². The van der Waals surface area contributed by atoms with Crippen LogP contribution in [-0.2, 0) is 6.54 Å².